The summed E-state index contributed by atoms with van der Waals surface area (Å²) in [5, 5.41) is 21.3. The molecule has 0 unspecified atom stereocenters. The Bertz CT molecular complexity index is 692. The molecule has 2 aromatic rings. The molecule has 0 aromatic heterocycles. The Morgan fingerprint density at radius 2 is 1.68 bits per heavy atom. The second-order valence-electron chi connectivity index (χ2n) is 4.92. The maximum absolute atomic E-state index is 11.8. The number of anilines is 1. The number of rotatable bonds is 6. The minimum Gasteiger partial charge on any atom is -0.478 e. The van der Waals surface area contributed by atoms with Gasteiger partial charge in [0.05, 0.1) is 17.7 Å². The molecular weight excluding hydrogens is 282 g/mol. The van der Waals surface area contributed by atoms with Crippen molar-refractivity contribution in [3.63, 3.8) is 0 Å². The molecule has 0 saturated carbocycles. The van der Waals surface area contributed by atoms with Crippen LogP contribution in [-0.2, 0) is 13.2 Å². The monoisotopic (exact) mass is 299 g/mol. The second kappa shape index (κ2) is 6.87. The zero-order valence-corrected chi connectivity index (χ0v) is 12.2. The quantitative estimate of drug-likeness (QED) is 0.714. The fourth-order valence-corrected chi connectivity index (χ4v) is 2.22. The molecular formula is C17H17NO4. The van der Waals surface area contributed by atoms with Crippen LogP contribution in [0.3, 0.4) is 0 Å². The van der Waals surface area contributed by atoms with Gasteiger partial charge in [0.2, 0.25) is 0 Å². The number of carboxylic acid groups (broad SMARTS) is 1. The van der Waals surface area contributed by atoms with Crippen LogP contribution in [0.4, 0.5) is 5.69 Å². The summed E-state index contributed by atoms with van der Waals surface area (Å²) < 4.78 is 0. The standard InChI is InChI=1S/C17H17NO4/c1-11(20)16-14(17(21)22)3-2-4-15(16)18-9-12-5-7-13(10-19)8-6-12/h2-8,18-19H,9-10H2,1H3,(H,21,22). The Hall–Kier alpha value is -2.66. The molecule has 22 heavy (non-hydrogen) atoms. The summed E-state index contributed by atoms with van der Waals surface area (Å²) in [5.74, 6) is -1.42. The highest BCUT2D eigenvalue weighted by Crippen LogP contribution is 2.22. The summed E-state index contributed by atoms with van der Waals surface area (Å²) in [7, 11) is 0. The van der Waals surface area contributed by atoms with Gasteiger partial charge in [-0.2, -0.15) is 0 Å². The summed E-state index contributed by atoms with van der Waals surface area (Å²) in [4.78, 5) is 23.0. The van der Waals surface area contributed by atoms with Crippen molar-refractivity contribution >= 4 is 17.4 Å². The summed E-state index contributed by atoms with van der Waals surface area (Å²) in [6.07, 6.45) is 0. The Morgan fingerprint density at radius 3 is 2.23 bits per heavy atom. The van der Waals surface area contributed by atoms with Crippen LogP contribution in [0.15, 0.2) is 42.5 Å². The normalized spacial score (nSPS) is 10.3. The largest absolute Gasteiger partial charge is 0.478 e. The number of nitrogens with one attached hydrogen (secondary N) is 1. The molecule has 0 radical (unpaired) electrons. The van der Waals surface area contributed by atoms with E-state index in [9.17, 15) is 14.7 Å². The number of carbonyl (C=O) groups is 2. The molecule has 0 amide bonds. The van der Waals surface area contributed by atoms with Crippen molar-refractivity contribution in [3.05, 3.63) is 64.7 Å². The predicted molar refractivity (Wildman–Crippen MR) is 83.1 cm³/mol. The lowest BCUT2D eigenvalue weighted by atomic mass is 10.0. The smallest absolute Gasteiger partial charge is 0.336 e. The molecule has 0 fully saturated rings. The first-order valence-corrected chi connectivity index (χ1v) is 6.82. The fourth-order valence-electron chi connectivity index (χ4n) is 2.22. The Labute approximate surface area is 128 Å². The minimum atomic E-state index is -1.12. The second-order valence-corrected chi connectivity index (χ2v) is 4.92. The average molecular weight is 299 g/mol. The first-order valence-electron chi connectivity index (χ1n) is 6.82. The van der Waals surface area contributed by atoms with E-state index in [1.165, 1.54) is 13.0 Å². The molecule has 2 rings (SSSR count). The van der Waals surface area contributed by atoms with Gasteiger partial charge in [0.25, 0.3) is 0 Å². The fraction of sp³-hybridized carbons (Fsp3) is 0.176. The maximum Gasteiger partial charge on any atom is 0.336 e. The predicted octanol–water partition coefficient (Wildman–Crippen LogP) is 2.69. The third-order valence-corrected chi connectivity index (χ3v) is 3.34. The summed E-state index contributed by atoms with van der Waals surface area (Å²) in [6.45, 7) is 1.79. The van der Waals surface area contributed by atoms with Crippen LogP contribution in [0.1, 0.15) is 38.8 Å². The van der Waals surface area contributed by atoms with E-state index in [1.807, 2.05) is 24.3 Å². The zero-order valence-electron chi connectivity index (χ0n) is 12.2. The topological polar surface area (TPSA) is 86.6 Å². The van der Waals surface area contributed by atoms with E-state index in [2.05, 4.69) is 5.32 Å². The Morgan fingerprint density at radius 1 is 1.05 bits per heavy atom. The van der Waals surface area contributed by atoms with Gasteiger partial charge in [-0.3, -0.25) is 4.79 Å². The average Bonchev–Trinajstić information content (AvgIpc) is 2.52. The number of carbonyl (C=O) groups excluding carboxylic acids is 1. The third-order valence-electron chi connectivity index (χ3n) is 3.34. The van der Waals surface area contributed by atoms with Gasteiger partial charge in [-0.05, 0) is 30.2 Å². The minimum absolute atomic E-state index is 0.00636. The van der Waals surface area contributed by atoms with Crippen molar-refractivity contribution in [2.45, 2.75) is 20.1 Å². The van der Waals surface area contributed by atoms with Crippen LogP contribution in [-0.4, -0.2) is 22.0 Å². The van der Waals surface area contributed by atoms with E-state index < -0.39 is 5.97 Å². The van der Waals surface area contributed by atoms with E-state index in [1.54, 1.807) is 12.1 Å². The zero-order chi connectivity index (χ0) is 16.1. The van der Waals surface area contributed by atoms with Crippen LogP contribution in [0, 0.1) is 0 Å². The first-order chi connectivity index (χ1) is 10.5. The number of aliphatic hydroxyl groups is 1. The summed E-state index contributed by atoms with van der Waals surface area (Å²) in [6, 6.07) is 12.1. The van der Waals surface area contributed by atoms with Crippen LogP contribution >= 0.6 is 0 Å². The molecule has 3 N–H and O–H groups in total. The molecule has 5 heteroatoms. The molecule has 0 atom stereocenters. The van der Waals surface area contributed by atoms with E-state index in [0.717, 1.165) is 11.1 Å². The van der Waals surface area contributed by atoms with Crippen molar-refractivity contribution in [2.24, 2.45) is 0 Å². The van der Waals surface area contributed by atoms with E-state index in [-0.39, 0.29) is 23.5 Å². The van der Waals surface area contributed by atoms with Gasteiger partial charge in [-0.15, -0.1) is 0 Å². The van der Waals surface area contributed by atoms with Gasteiger partial charge in [-0.1, -0.05) is 30.3 Å². The number of Topliss-reactive ketones (excluding diaryl/α,β-unsaturated/α-hetero) is 1. The van der Waals surface area contributed by atoms with Crippen LogP contribution in [0.5, 0.6) is 0 Å². The molecule has 0 bridgehead atoms. The van der Waals surface area contributed by atoms with Gasteiger partial charge in [0, 0.05) is 12.2 Å². The molecule has 114 valence electrons. The van der Waals surface area contributed by atoms with Crippen LogP contribution in [0.2, 0.25) is 0 Å². The van der Waals surface area contributed by atoms with E-state index >= 15 is 0 Å². The van der Waals surface area contributed by atoms with E-state index in [0.29, 0.717) is 12.2 Å². The number of aliphatic hydroxyl groups excluding tert-OH is 1. The Kier molecular flexibility index (Phi) is 4.91. The maximum atomic E-state index is 11.8. The number of ketones is 1. The van der Waals surface area contributed by atoms with Crippen molar-refractivity contribution in [1.29, 1.82) is 0 Å². The highest BCUT2D eigenvalue weighted by atomic mass is 16.4. The lowest BCUT2D eigenvalue weighted by Crippen LogP contribution is -2.11. The molecule has 0 saturated heterocycles. The number of aromatic carboxylic acids is 1. The number of carboxylic acids is 1. The molecule has 0 spiro atoms. The Balaban J connectivity index is 2.23. The highest BCUT2D eigenvalue weighted by Gasteiger charge is 2.17. The summed E-state index contributed by atoms with van der Waals surface area (Å²) >= 11 is 0. The first kappa shape index (κ1) is 15.7. The third kappa shape index (κ3) is 3.51. The van der Waals surface area contributed by atoms with Crippen molar-refractivity contribution in [1.82, 2.24) is 0 Å². The molecule has 0 heterocycles. The lowest BCUT2D eigenvalue weighted by molar-refractivity contribution is 0.0692. The molecule has 0 aliphatic rings. The van der Waals surface area contributed by atoms with E-state index in [4.69, 9.17) is 5.11 Å². The highest BCUT2D eigenvalue weighted by molar-refractivity contribution is 6.08. The molecule has 0 aliphatic heterocycles. The van der Waals surface area contributed by atoms with Gasteiger partial charge in [-0.25, -0.2) is 4.79 Å². The summed E-state index contributed by atoms with van der Waals surface area (Å²) in [5.41, 5.74) is 2.46. The number of hydrogen-bond donors (Lipinski definition) is 3. The van der Waals surface area contributed by atoms with Gasteiger partial charge < -0.3 is 15.5 Å². The SMILES string of the molecule is CC(=O)c1c(NCc2ccc(CO)cc2)cccc1C(=O)O. The molecule has 2 aromatic carbocycles. The van der Waals surface area contributed by atoms with Crippen LogP contribution in [0.25, 0.3) is 0 Å². The van der Waals surface area contributed by atoms with Gasteiger partial charge in [0.1, 0.15) is 0 Å². The molecule has 0 aliphatic carbocycles. The van der Waals surface area contributed by atoms with Crippen molar-refractivity contribution in [2.75, 3.05) is 5.32 Å². The van der Waals surface area contributed by atoms with Crippen molar-refractivity contribution < 1.29 is 19.8 Å². The number of hydrogen-bond acceptors (Lipinski definition) is 4. The van der Waals surface area contributed by atoms with Crippen molar-refractivity contribution in [3.8, 4) is 0 Å². The van der Waals surface area contributed by atoms with Gasteiger partial charge in [0.15, 0.2) is 5.78 Å². The number of benzene rings is 2. The van der Waals surface area contributed by atoms with Crippen LogP contribution < -0.4 is 5.32 Å². The van der Waals surface area contributed by atoms with Gasteiger partial charge >= 0.3 is 5.97 Å². The molecule has 5 nitrogen and oxygen atoms in total. The lowest BCUT2D eigenvalue weighted by Gasteiger charge is -2.12.